The molecule has 1 aliphatic rings. The zero-order chi connectivity index (χ0) is 15.9. The zero-order valence-corrected chi connectivity index (χ0v) is 13.9. The van der Waals surface area contributed by atoms with Crippen molar-refractivity contribution in [3.05, 3.63) is 65.7 Å². The van der Waals surface area contributed by atoms with Crippen LogP contribution < -0.4 is 10.1 Å². The van der Waals surface area contributed by atoms with E-state index >= 15 is 0 Å². The van der Waals surface area contributed by atoms with E-state index in [1.807, 2.05) is 0 Å². The molecule has 0 spiro atoms. The molecule has 1 atom stereocenters. The number of methoxy groups -OCH3 is 1. The fraction of sp³-hybridized carbons (Fsp3) is 0.400. The number of benzene rings is 2. The van der Waals surface area contributed by atoms with Gasteiger partial charge in [0.15, 0.2) is 0 Å². The van der Waals surface area contributed by atoms with Crippen LogP contribution in [0.1, 0.15) is 23.6 Å². The highest BCUT2D eigenvalue weighted by Crippen LogP contribution is 2.28. The Balaban J connectivity index is 1.74. The summed E-state index contributed by atoms with van der Waals surface area (Å²) in [6.45, 7) is 4.40. The molecule has 1 saturated heterocycles. The van der Waals surface area contributed by atoms with E-state index in [2.05, 4.69) is 64.8 Å². The lowest BCUT2D eigenvalue weighted by Gasteiger charge is -2.35. The minimum absolute atomic E-state index is 0.475. The van der Waals surface area contributed by atoms with E-state index in [1.165, 1.54) is 11.1 Å². The molecule has 2 aromatic rings. The molecule has 0 saturated carbocycles. The van der Waals surface area contributed by atoms with Crippen LogP contribution in [-0.4, -0.2) is 38.2 Å². The van der Waals surface area contributed by atoms with Crippen molar-refractivity contribution in [3.63, 3.8) is 0 Å². The maximum Gasteiger partial charge on any atom is 0.118 e. The Kier molecular flexibility index (Phi) is 5.67. The summed E-state index contributed by atoms with van der Waals surface area (Å²) in [6.07, 6.45) is 2.26. The highest BCUT2D eigenvalue weighted by atomic mass is 16.5. The molecule has 0 aromatic heterocycles. The number of hydrogen-bond donors (Lipinski definition) is 1. The van der Waals surface area contributed by atoms with Gasteiger partial charge in [0.25, 0.3) is 0 Å². The average molecular weight is 310 g/mol. The van der Waals surface area contributed by atoms with Gasteiger partial charge >= 0.3 is 0 Å². The normalized spacial score (nSPS) is 16.9. The largest absolute Gasteiger partial charge is 0.497 e. The number of ether oxygens (including phenoxy) is 1. The van der Waals surface area contributed by atoms with E-state index in [1.54, 1.807) is 7.11 Å². The monoisotopic (exact) mass is 310 g/mol. The third kappa shape index (κ3) is 4.34. The van der Waals surface area contributed by atoms with Gasteiger partial charge in [-0.2, -0.15) is 0 Å². The predicted octanol–water partition coefficient (Wildman–Crippen LogP) is 3.27. The van der Waals surface area contributed by atoms with Gasteiger partial charge in [-0.05, 0) is 36.1 Å². The van der Waals surface area contributed by atoms with Crippen molar-refractivity contribution in [1.29, 1.82) is 0 Å². The van der Waals surface area contributed by atoms with E-state index in [9.17, 15) is 0 Å². The molecule has 122 valence electrons. The number of piperazine rings is 1. The first-order valence-corrected chi connectivity index (χ1v) is 8.49. The van der Waals surface area contributed by atoms with E-state index < -0.39 is 0 Å². The minimum Gasteiger partial charge on any atom is -0.497 e. The number of rotatable bonds is 6. The van der Waals surface area contributed by atoms with E-state index in [-0.39, 0.29) is 0 Å². The topological polar surface area (TPSA) is 24.5 Å². The van der Waals surface area contributed by atoms with Crippen molar-refractivity contribution in [2.45, 2.75) is 18.9 Å². The maximum atomic E-state index is 5.30. The van der Waals surface area contributed by atoms with Crippen molar-refractivity contribution in [2.75, 3.05) is 33.3 Å². The van der Waals surface area contributed by atoms with Crippen LogP contribution in [0.15, 0.2) is 54.6 Å². The second-order valence-corrected chi connectivity index (χ2v) is 6.10. The number of nitrogens with one attached hydrogen (secondary N) is 1. The third-order valence-electron chi connectivity index (χ3n) is 4.64. The molecular weight excluding hydrogens is 284 g/mol. The first kappa shape index (κ1) is 16.0. The third-order valence-corrected chi connectivity index (χ3v) is 4.64. The van der Waals surface area contributed by atoms with Gasteiger partial charge in [0.2, 0.25) is 0 Å². The first-order chi connectivity index (χ1) is 11.4. The fourth-order valence-corrected chi connectivity index (χ4v) is 3.33. The number of nitrogens with zero attached hydrogens (tertiary/aromatic N) is 1. The van der Waals surface area contributed by atoms with Crippen LogP contribution in [0.5, 0.6) is 5.75 Å². The smallest absolute Gasteiger partial charge is 0.118 e. The summed E-state index contributed by atoms with van der Waals surface area (Å²) in [5.41, 5.74) is 2.81. The molecule has 23 heavy (non-hydrogen) atoms. The molecular formula is C20H26N2O. The summed E-state index contributed by atoms with van der Waals surface area (Å²) < 4.78 is 5.30. The van der Waals surface area contributed by atoms with Gasteiger partial charge in [-0.3, -0.25) is 4.90 Å². The average Bonchev–Trinajstić information content (AvgIpc) is 2.64. The Hall–Kier alpha value is -1.84. The van der Waals surface area contributed by atoms with Crippen LogP contribution in [0, 0.1) is 0 Å². The van der Waals surface area contributed by atoms with Crippen LogP contribution in [-0.2, 0) is 6.42 Å². The van der Waals surface area contributed by atoms with Gasteiger partial charge < -0.3 is 10.1 Å². The second-order valence-electron chi connectivity index (χ2n) is 6.10. The van der Waals surface area contributed by atoms with Gasteiger partial charge in [0, 0.05) is 32.2 Å². The molecule has 3 nitrogen and oxygen atoms in total. The van der Waals surface area contributed by atoms with Crippen molar-refractivity contribution < 1.29 is 4.74 Å². The summed E-state index contributed by atoms with van der Waals surface area (Å²) in [4.78, 5) is 2.61. The number of hydrogen-bond acceptors (Lipinski definition) is 3. The first-order valence-electron chi connectivity index (χ1n) is 8.49. The lowest BCUT2D eigenvalue weighted by molar-refractivity contribution is 0.165. The molecule has 1 aliphatic heterocycles. The van der Waals surface area contributed by atoms with Gasteiger partial charge in [0.05, 0.1) is 7.11 Å². The van der Waals surface area contributed by atoms with Gasteiger partial charge in [0.1, 0.15) is 5.75 Å². The maximum absolute atomic E-state index is 5.30. The van der Waals surface area contributed by atoms with E-state index in [0.717, 1.165) is 44.8 Å². The molecule has 1 unspecified atom stereocenters. The lowest BCUT2D eigenvalue weighted by atomic mass is 9.97. The molecule has 0 bridgehead atoms. The molecule has 3 rings (SSSR count). The summed E-state index contributed by atoms with van der Waals surface area (Å²) >= 11 is 0. The van der Waals surface area contributed by atoms with Crippen LogP contribution in [0.4, 0.5) is 0 Å². The van der Waals surface area contributed by atoms with E-state index in [4.69, 9.17) is 4.74 Å². The molecule has 1 fully saturated rings. The van der Waals surface area contributed by atoms with Crippen LogP contribution in [0.2, 0.25) is 0 Å². The van der Waals surface area contributed by atoms with Gasteiger partial charge in [-0.15, -0.1) is 0 Å². The van der Waals surface area contributed by atoms with Gasteiger partial charge in [-0.1, -0.05) is 42.5 Å². The predicted molar refractivity (Wildman–Crippen MR) is 94.9 cm³/mol. The SMILES string of the molecule is COc1ccc(C(CCc2ccccc2)N2CCNCC2)cc1. The standard InChI is InChI=1S/C20H26N2O/c1-23-19-10-8-18(9-11-19)20(22-15-13-21-14-16-22)12-7-17-5-3-2-4-6-17/h2-6,8-11,20-21H,7,12-16H2,1H3. The summed E-state index contributed by atoms with van der Waals surface area (Å²) in [6, 6.07) is 19.9. The summed E-state index contributed by atoms with van der Waals surface area (Å²) in [5, 5.41) is 3.45. The van der Waals surface area contributed by atoms with Crippen molar-refractivity contribution in [3.8, 4) is 5.75 Å². The highest BCUT2D eigenvalue weighted by molar-refractivity contribution is 5.29. The Morgan fingerprint density at radius 1 is 1.00 bits per heavy atom. The molecule has 1 heterocycles. The Morgan fingerprint density at radius 3 is 2.35 bits per heavy atom. The lowest BCUT2D eigenvalue weighted by Crippen LogP contribution is -2.45. The van der Waals surface area contributed by atoms with E-state index in [0.29, 0.717) is 6.04 Å². The zero-order valence-electron chi connectivity index (χ0n) is 13.9. The molecule has 1 N–H and O–H groups in total. The van der Waals surface area contributed by atoms with Crippen molar-refractivity contribution in [2.24, 2.45) is 0 Å². The Labute approximate surface area is 139 Å². The van der Waals surface area contributed by atoms with Crippen molar-refractivity contribution in [1.82, 2.24) is 10.2 Å². The Morgan fingerprint density at radius 2 is 1.70 bits per heavy atom. The molecule has 2 aromatic carbocycles. The summed E-state index contributed by atoms with van der Waals surface area (Å²) in [5.74, 6) is 0.927. The quantitative estimate of drug-likeness (QED) is 0.886. The molecule has 3 heteroatoms. The number of aryl methyl sites for hydroxylation is 1. The summed E-state index contributed by atoms with van der Waals surface area (Å²) in [7, 11) is 1.72. The molecule has 0 amide bonds. The highest BCUT2D eigenvalue weighted by Gasteiger charge is 2.22. The van der Waals surface area contributed by atoms with Crippen molar-refractivity contribution >= 4 is 0 Å². The van der Waals surface area contributed by atoms with Gasteiger partial charge in [-0.25, -0.2) is 0 Å². The van der Waals surface area contributed by atoms with Crippen LogP contribution in [0.25, 0.3) is 0 Å². The molecule has 0 radical (unpaired) electrons. The fourth-order valence-electron chi connectivity index (χ4n) is 3.33. The Bertz CT molecular complexity index is 576. The minimum atomic E-state index is 0.475. The molecule has 0 aliphatic carbocycles. The second kappa shape index (κ2) is 8.14. The van der Waals surface area contributed by atoms with Crippen LogP contribution in [0.3, 0.4) is 0 Å². The van der Waals surface area contributed by atoms with Crippen LogP contribution >= 0.6 is 0 Å².